The molecule has 0 unspecified atom stereocenters. The zero-order chi connectivity index (χ0) is 20.8. The molecule has 0 fully saturated rings. The average Bonchev–Trinajstić information content (AvgIpc) is 2.70. The summed E-state index contributed by atoms with van der Waals surface area (Å²) < 4.78 is 0. The highest BCUT2D eigenvalue weighted by atomic mass is 35.5. The first kappa shape index (κ1) is 19.9. The fourth-order valence-corrected chi connectivity index (χ4v) is 2.57. The van der Waals surface area contributed by atoms with E-state index in [0.29, 0.717) is 21.8 Å². The number of hydrazone groups is 1. The molecular weight excluding hydrogens is 394 g/mol. The predicted molar refractivity (Wildman–Crippen MR) is 111 cm³/mol. The lowest BCUT2D eigenvalue weighted by Crippen LogP contribution is -2.21. The highest BCUT2D eigenvalue weighted by molar-refractivity contribution is 6.30. The van der Waals surface area contributed by atoms with Crippen molar-refractivity contribution in [2.45, 2.75) is 0 Å². The van der Waals surface area contributed by atoms with Gasteiger partial charge in [0.2, 0.25) is 0 Å². The number of benzene rings is 3. The molecule has 0 radical (unpaired) electrons. The minimum absolute atomic E-state index is 0.0889. The van der Waals surface area contributed by atoms with E-state index in [4.69, 9.17) is 11.6 Å². The quantitative estimate of drug-likeness (QED) is 0.379. The van der Waals surface area contributed by atoms with Crippen LogP contribution in [-0.2, 0) is 0 Å². The molecule has 0 aliphatic heterocycles. The number of amides is 2. The van der Waals surface area contributed by atoms with Crippen LogP contribution in [0.15, 0.2) is 71.8 Å². The lowest BCUT2D eigenvalue weighted by Gasteiger charge is -2.10. The van der Waals surface area contributed by atoms with Gasteiger partial charge in [-0.1, -0.05) is 23.7 Å². The molecule has 29 heavy (non-hydrogen) atoms. The number of phenolic OH excluding ortho intramolecular Hbond substituents is 2. The number of hydrogen-bond acceptors (Lipinski definition) is 5. The van der Waals surface area contributed by atoms with Crippen LogP contribution in [-0.4, -0.2) is 28.2 Å². The molecule has 3 aromatic carbocycles. The number of para-hydroxylation sites is 1. The summed E-state index contributed by atoms with van der Waals surface area (Å²) in [5, 5.41) is 26.0. The minimum atomic E-state index is -0.550. The Hall–Kier alpha value is -3.84. The Morgan fingerprint density at radius 3 is 2.38 bits per heavy atom. The number of nitrogens with zero attached hydrogens (tertiary/aromatic N) is 1. The second kappa shape index (κ2) is 8.90. The number of phenols is 2. The van der Waals surface area contributed by atoms with Gasteiger partial charge in [0.15, 0.2) is 0 Å². The third-order valence-electron chi connectivity index (χ3n) is 3.91. The van der Waals surface area contributed by atoms with Crippen molar-refractivity contribution >= 4 is 35.3 Å². The number of carbonyl (C=O) groups is 2. The minimum Gasteiger partial charge on any atom is -0.508 e. The predicted octanol–water partition coefficient (Wildman–Crippen LogP) is 3.77. The second-order valence-electron chi connectivity index (χ2n) is 5.95. The van der Waals surface area contributed by atoms with E-state index in [0.717, 1.165) is 6.07 Å². The van der Waals surface area contributed by atoms with Gasteiger partial charge in [0.05, 0.1) is 17.5 Å². The van der Waals surface area contributed by atoms with Crippen LogP contribution in [0.4, 0.5) is 5.69 Å². The van der Waals surface area contributed by atoms with E-state index in [1.807, 2.05) is 0 Å². The standard InChI is InChI=1S/C21H16ClN3O4/c22-15-8-5-13(6-9-15)20(28)24-18-4-2-1-3-17(18)21(29)25-23-12-14-7-10-16(26)11-19(14)27/h1-12,26-27H,(H,24,28)(H,25,29)/b23-12+. The fraction of sp³-hybridized carbons (Fsp3) is 0. The van der Waals surface area contributed by atoms with Crippen molar-refractivity contribution in [2.24, 2.45) is 5.10 Å². The van der Waals surface area contributed by atoms with Gasteiger partial charge >= 0.3 is 0 Å². The van der Waals surface area contributed by atoms with Gasteiger partial charge in [-0.25, -0.2) is 5.43 Å². The first-order chi connectivity index (χ1) is 13.9. The van der Waals surface area contributed by atoms with E-state index in [-0.39, 0.29) is 23.0 Å². The van der Waals surface area contributed by atoms with Crippen molar-refractivity contribution in [1.29, 1.82) is 0 Å². The number of nitrogens with one attached hydrogen (secondary N) is 2. The second-order valence-corrected chi connectivity index (χ2v) is 6.39. The maximum atomic E-state index is 12.5. The smallest absolute Gasteiger partial charge is 0.273 e. The Bertz CT molecular complexity index is 1080. The lowest BCUT2D eigenvalue weighted by molar-refractivity contribution is 0.0956. The molecule has 3 aromatic rings. The number of aromatic hydroxyl groups is 2. The third-order valence-corrected chi connectivity index (χ3v) is 4.16. The van der Waals surface area contributed by atoms with Crippen LogP contribution in [0.5, 0.6) is 11.5 Å². The molecule has 3 rings (SSSR count). The maximum absolute atomic E-state index is 12.5. The van der Waals surface area contributed by atoms with Crippen LogP contribution in [0.1, 0.15) is 26.3 Å². The van der Waals surface area contributed by atoms with Crippen LogP contribution in [0.25, 0.3) is 0 Å². The van der Waals surface area contributed by atoms with Crippen LogP contribution in [0.2, 0.25) is 5.02 Å². The van der Waals surface area contributed by atoms with E-state index < -0.39 is 5.91 Å². The van der Waals surface area contributed by atoms with Gasteiger partial charge in [-0.05, 0) is 48.5 Å². The van der Waals surface area contributed by atoms with Crippen molar-refractivity contribution in [3.63, 3.8) is 0 Å². The van der Waals surface area contributed by atoms with Crippen molar-refractivity contribution in [3.8, 4) is 11.5 Å². The van der Waals surface area contributed by atoms with Crippen LogP contribution in [0, 0.1) is 0 Å². The normalized spacial score (nSPS) is 10.7. The molecule has 7 nitrogen and oxygen atoms in total. The van der Waals surface area contributed by atoms with Gasteiger partial charge in [-0.3, -0.25) is 9.59 Å². The summed E-state index contributed by atoms with van der Waals surface area (Å²) in [5.41, 5.74) is 3.57. The van der Waals surface area contributed by atoms with Crippen LogP contribution >= 0.6 is 11.6 Å². The number of rotatable bonds is 5. The van der Waals surface area contributed by atoms with Crippen LogP contribution in [0.3, 0.4) is 0 Å². The molecule has 0 spiro atoms. The molecule has 0 aromatic heterocycles. The summed E-state index contributed by atoms with van der Waals surface area (Å²) >= 11 is 5.83. The van der Waals surface area contributed by atoms with E-state index in [1.54, 1.807) is 48.5 Å². The van der Waals surface area contributed by atoms with Gasteiger partial charge in [0.1, 0.15) is 11.5 Å². The average molecular weight is 410 g/mol. The van der Waals surface area contributed by atoms with Gasteiger partial charge in [-0.2, -0.15) is 5.10 Å². The fourth-order valence-electron chi connectivity index (χ4n) is 2.45. The molecule has 8 heteroatoms. The van der Waals surface area contributed by atoms with Crippen molar-refractivity contribution in [1.82, 2.24) is 5.43 Å². The van der Waals surface area contributed by atoms with Gasteiger partial charge in [0.25, 0.3) is 11.8 Å². The molecule has 2 amide bonds. The Balaban J connectivity index is 1.72. The zero-order valence-electron chi connectivity index (χ0n) is 15.0. The largest absolute Gasteiger partial charge is 0.508 e. The molecule has 4 N–H and O–H groups in total. The molecule has 0 bridgehead atoms. The highest BCUT2D eigenvalue weighted by Crippen LogP contribution is 2.21. The first-order valence-corrected chi connectivity index (χ1v) is 8.83. The van der Waals surface area contributed by atoms with Crippen molar-refractivity contribution in [2.75, 3.05) is 5.32 Å². The monoisotopic (exact) mass is 409 g/mol. The van der Waals surface area contributed by atoms with E-state index in [9.17, 15) is 19.8 Å². The number of halogens is 1. The van der Waals surface area contributed by atoms with Crippen molar-refractivity contribution < 1.29 is 19.8 Å². The zero-order valence-corrected chi connectivity index (χ0v) is 15.7. The molecule has 0 heterocycles. The Morgan fingerprint density at radius 1 is 0.931 bits per heavy atom. The van der Waals surface area contributed by atoms with Crippen molar-refractivity contribution in [3.05, 3.63) is 88.4 Å². The molecule has 0 saturated heterocycles. The summed E-state index contributed by atoms with van der Waals surface area (Å²) in [6, 6.07) is 16.8. The number of anilines is 1. The van der Waals surface area contributed by atoms with Gasteiger partial charge < -0.3 is 15.5 Å². The van der Waals surface area contributed by atoms with Crippen LogP contribution < -0.4 is 10.7 Å². The SMILES string of the molecule is O=C(Nc1ccccc1C(=O)N/N=C/c1ccc(O)cc1O)c1ccc(Cl)cc1. The molecular formula is C21H16ClN3O4. The number of carbonyl (C=O) groups excluding carboxylic acids is 2. The third kappa shape index (κ3) is 5.12. The first-order valence-electron chi connectivity index (χ1n) is 8.45. The molecule has 146 valence electrons. The Kier molecular flexibility index (Phi) is 6.11. The summed E-state index contributed by atoms with van der Waals surface area (Å²) in [4.78, 5) is 24.9. The molecule has 0 saturated carbocycles. The van der Waals surface area contributed by atoms with Gasteiger partial charge in [-0.15, -0.1) is 0 Å². The van der Waals surface area contributed by atoms with E-state index in [2.05, 4.69) is 15.8 Å². The highest BCUT2D eigenvalue weighted by Gasteiger charge is 2.13. The molecule has 0 atom stereocenters. The lowest BCUT2D eigenvalue weighted by atomic mass is 10.1. The van der Waals surface area contributed by atoms with Gasteiger partial charge in [0, 0.05) is 22.2 Å². The molecule has 0 aliphatic carbocycles. The summed E-state index contributed by atoms with van der Waals surface area (Å²) in [6.07, 6.45) is 1.24. The summed E-state index contributed by atoms with van der Waals surface area (Å²) in [6.45, 7) is 0. The number of hydrogen-bond donors (Lipinski definition) is 4. The Labute approximate surface area is 171 Å². The summed E-state index contributed by atoms with van der Waals surface area (Å²) in [5.74, 6) is -1.21. The molecule has 0 aliphatic rings. The van der Waals surface area contributed by atoms with E-state index >= 15 is 0 Å². The Morgan fingerprint density at radius 2 is 1.66 bits per heavy atom. The topological polar surface area (TPSA) is 111 Å². The maximum Gasteiger partial charge on any atom is 0.273 e. The van der Waals surface area contributed by atoms with E-state index in [1.165, 1.54) is 18.3 Å². The summed E-state index contributed by atoms with van der Waals surface area (Å²) in [7, 11) is 0.